The van der Waals surface area contributed by atoms with Gasteiger partial charge in [-0.05, 0) is 35.4 Å². The van der Waals surface area contributed by atoms with Crippen LogP contribution in [-0.2, 0) is 0 Å². The van der Waals surface area contributed by atoms with Gasteiger partial charge in [-0.1, -0.05) is 24.3 Å². The second-order valence-electron chi connectivity index (χ2n) is 3.83. The average molecular weight is 244 g/mol. The predicted octanol–water partition coefficient (Wildman–Crippen LogP) is 2.73. The van der Waals surface area contributed by atoms with Gasteiger partial charge in [-0.25, -0.2) is 0 Å². The summed E-state index contributed by atoms with van der Waals surface area (Å²) in [6.45, 7) is 0.343. The van der Waals surface area contributed by atoms with Crippen molar-refractivity contribution in [1.82, 2.24) is 0 Å². The fourth-order valence-electron chi connectivity index (χ4n) is 1.71. The third-order valence-electron chi connectivity index (χ3n) is 2.62. The summed E-state index contributed by atoms with van der Waals surface area (Å²) in [6.07, 6.45) is 0. The van der Waals surface area contributed by atoms with Crippen molar-refractivity contribution in [2.75, 3.05) is 20.3 Å². The van der Waals surface area contributed by atoms with Crippen molar-refractivity contribution in [3.05, 3.63) is 48.5 Å². The first kappa shape index (κ1) is 12.5. The molecule has 0 amide bonds. The van der Waals surface area contributed by atoms with Crippen LogP contribution in [0.2, 0.25) is 0 Å². The number of hydrogen-bond acceptors (Lipinski definition) is 3. The number of aliphatic hydroxyl groups excluding tert-OH is 1. The smallest absolute Gasteiger partial charge is 0.119 e. The molecule has 2 rings (SSSR count). The van der Waals surface area contributed by atoms with Gasteiger partial charge in [-0.2, -0.15) is 0 Å². The van der Waals surface area contributed by atoms with Gasteiger partial charge in [0.25, 0.3) is 0 Å². The van der Waals surface area contributed by atoms with Crippen LogP contribution in [0.1, 0.15) is 0 Å². The van der Waals surface area contributed by atoms with Crippen molar-refractivity contribution in [2.24, 2.45) is 0 Å². The van der Waals surface area contributed by atoms with Crippen molar-refractivity contribution in [2.45, 2.75) is 0 Å². The molecule has 18 heavy (non-hydrogen) atoms. The summed E-state index contributed by atoms with van der Waals surface area (Å²) in [5, 5.41) is 8.68. The van der Waals surface area contributed by atoms with Gasteiger partial charge in [0, 0.05) is 0 Å². The number of hydrogen-bond donors (Lipinski definition) is 1. The maximum absolute atomic E-state index is 8.68. The van der Waals surface area contributed by atoms with E-state index in [1.54, 1.807) is 7.11 Å². The highest BCUT2D eigenvalue weighted by molar-refractivity contribution is 5.65. The molecule has 1 N–H and O–H groups in total. The number of rotatable bonds is 5. The van der Waals surface area contributed by atoms with Crippen LogP contribution in [0.15, 0.2) is 48.5 Å². The van der Waals surface area contributed by atoms with E-state index in [0.717, 1.165) is 22.6 Å². The Balaban J connectivity index is 2.17. The molecular formula is C15H16O3. The Kier molecular flexibility index (Phi) is 4.20. The van der Waals surface area contributed by atoms with Gasteiger partial charge >= 0.3 is 0 Å². The third-order valence-corrected chi connectivity index (χ3v) is 2.62. The van der Waals surface area contributed by atoms with Gasteiger partial charge in [-0.15, -0.1) is 0 Å². The molecule has 0 bridgehead atoms. The third kappa shape index (κ3) is 3.02. The minimum Gasteiger partial charge on any atom is -0.497 e. The second kappa shape index (κ2) is 6.07. The summed E-state index contributed by atoms with van der Waals surface area (Å²) in [4.78, 5) is 0. The molecule has 0 heterocycles. The first-order valence-electron chi connectivity index (χ1n) is 5.81. The largest absolute Gasteiger partial charge is 0.497 e. The van der Waals surface area contributed by atoms with Crippen LogP contribution in [0, 0.1) is 0 Å². The molecule has 2 aromatic carbocycles. The molecule has 0 aromatic heterocycles. The number of methoxy groups -OCH3 is 1. The van der Waals surface area contributed by atoms with E-state index in [4.69, 9.17) is 14.6 Å². The number of aliphatic hydroxyl groups is 1. The normalized spacial score (nSPS) is 10.1. The SMILES string of the molecule is COc1cccc(-c2ccc(OCCO)cc2)c1. The number of ether oxygens (including phenoxy) is 2. The summed E-state index contributed by atoms with van der Waals surface area (Å²) >= 11 is 0. The minimum atomic E-state index is 0.0254. The second-order valence-corrected chi connectivity index (χ2v) is 3.83. The Hall–Kier alpha value is -2.00. The summed E-state index contributed by atoms with van der Waals surface area (Å²) in [6, 6.07) is 15.7. The van der Waals surface area contributed by atoms with E-state index in [1.165, 1.54) is 0 Å². The molecule has 0 spiro atoms. The lowest BCUT2D eigenvalue weighted by molar-refractivity contribution is 0.201. The summed E-state index contributed by atoms with van der Waals surface area (Å²) in [7, 11) is 1.66. The number of benzene rings is 2. The van der Waals surface area contributed by atoms with Crippen LogP contribution in [0.5, 0.6) is 11.5 Å². The molecule has 2 aromatic rings. The lowest BCUT2D eigenvalue weighted by Crippen LogP contribution is -2.01. The van der Waals surface area contributed by atoms with E-state index in [0.29, 0.717) is 6.61 Å². The zero-order chi connectivity index (χ0) is 12.8. The highest BCUT2D eigenvalue weighted by atomic mass is 16.5. The van der Waals surface area contributed by atoms with Crippen LogP contribution in [-0.4, -0.2) is 25.4 Å². The summed E-state index contributed by atoms with van der Waals surface area (Å²) in [5.41, 5.74) is 2.20. The van der Waals surface area contributed by atoms with Gasteiger partial charge < -0.3 is 14.6 Å². The van der Waals surface area contributed by atoms with E-state index in [2.05, 4.69) is 0 Å². The van der Waals surface area contributed by atoms with Crippen molar-refractivity contribution in [3.8, 4) is 22.6 Å². The zero-order valence-electron chi connectivity index (χ0n) is 10.3. The van der Waals surface area contributed by atoms with E-state index >= 15 is 0 Å². The molecule has 94 valence electrons. The highest BCUT2D eigenvalue weighted by Gasteiger charge is 2.00. The minimum absolute atomic E-state index is 0.0254. The first-order valence-corrected chi connectivity index (χ1v) is 5.81. The Morgan fingerprint density at radius 1 is 0.944 bits per heavy atom. The molecule has 0 saturated carbocycles. The van der Waals surface area contributed by atoms with Crippen molar-refractivity contribution >= 4 is 0 Å². The molecule has 3 heteroatoms. The Bertz CT molecular complexity index is 491. The first-order chi connectivity index (χ1) is 8.83. The van der Waals surface area contributed by atoms with Gasteiger partial charge in [0.15, 0.2) is 0 Å². The van der Waals surface area contributed by atoms with Gasteiger partial charge in [0.2, 0.25) is 0 Å². The molecule has 0 atom stereocenters. The molecular weight excluding hydrogens is 228 g/mol. The van der Waals surface area contributed by atoms with E-state index in [-0.39, 0.29) is 6.61 Å². The molecule has 0 radical (unpaired) electrons. The monoisotopic (exact) mass is 244 g/mol. The lowest BCUT2D eigenvalue weighted by atomic mass is 10.1. The molecule has 0 saturated heterocycles. The maximum Gasteiger partial charge on any atom is 0.119 e. The molecule has 3 nitrogen and oxygen atoms in total. The van der Waals surface area contributed by atoms with E-state index < -0.39 is 0 Å². The van der Waals surface area contributed by atoms with Crippen molar-refractivity contribution in [3.63, 3.8) is 0 Å². The molecule has 0 fully saturated rings. The topological polar surface area (TPSA) is 38.7 Å². The Labute approximate surface area is 107 Å². The average Bonchev–Trinajstić information content (AvgIpc) is 2.46. The molecule has 0 unspecified atom stereocenters. The van der Waals surface area contributed by atoms with E-state index in [1.807, 2.05) is 48.5 Å². The fraction of sp³-hybridized carbons (Fsp3) is 0.200. The molecule has 0 aliphatic rings. The zero-order valence-corrected chi connectivity index (χ0v) is 10.3. The fourth-order valence-corrected chi connectivity index (χ4v) is 1.71. The van der Waals surface area contributed by atoms with Gasteiger partial charge in [-0.3, -0.25) is 0 Å². The van der Waals surface area contributed by atoms with Crippen LogP contribution < -0.4 is 9.47 Å². The Morgan fingerprint density at radius 2 is 1.72 bits per heavy atom. The van der Waals surface area contributed by atoms with Crippen LogP contribution >= 0.6 is 0 Å². The van der Waals surface area contributed by atoms with Crippen molar-refractivity contribution in [1.29, 1.82) is 0 Å². The predicted molar refractivity (Wildman–Crippen MR) is 71.0 cm³/mol. The summed E-state index contributed by atoms with van der Waals surface area (Å²) in [5.74, 6) is 1.60. The van der Waals surface area contributed by atoms with Crippen LogP contribution in [0.3, 0.4) is 0 Å². The van der Waals surface area contributed by atoms with Gasteiger partial charge in [0.05, 0.1) is 13.7 Å². The highest BCUT2D eigenvalue weighted by Crippen LogP contribution is 2.25. The van der Waals surface area contributed by atoms with Gasteiger partial charge in [0.1, 0.15) is 18.1 Å². The van der Waals surface area contributed by atoms with E-state index in [9.17, 15) is 0 Å². The quantitative estimate of drug-likeness (QED) is 0.879. The maximum atomic E-state index is 8.68. The standard InChI is InChI=1S/C15H16O3/c1-17-15-4-2-3-13(11-15)12-5-7-14(8-6-12)18-10-9-16/h2-8,11,16H,9-10H2,1H3. The van der Waals surface area contributed by atoms with Crippen LogP contribution in [0.25, 0.3) is 11.1 Å². The lowest BCUT2D eigenvalue weighted by Gasteiger charge is -2.07. The van der Waals surface area contributed by atoms with Crippen LogP contribution in [0.4, 0.5) is 0 Å². The Morgan fingerprint density at radius 3 is 2.39 bits per heavy atom. The summed E-state index contributed by atoms with van der Waals surface area (Å²) < 4.78 is 10.5. The van der Waals surface area contributed by atoms with Crippen molar-refractivity contribution < 1.29 is 14.6 Å². The molecule has 0 aliphatic heterocycles. The molecule has 0 aliphatic carbocycles.